The summed E-state index contributed by atoms with van der Waals surface area (Å²) in [6.07, 6.45) is 0. The number of aryl methyl sites for hydroxylation is 2. The van der Waals surface area contributed by atoms with Crippen LogP contribution < -0.4 is 5.32 Å². The fraction of sp³-hybridized carbons (Fsp3) is 0.533. The van der Waals surface area contributed by atoms with E-state index in [1.807, 2.05) is 23.1 Å². The summed E-state index contributed by atoms with van der Waals surface area (Å²) in [7, 11) is 0. The third-order valence-corrected chi connectivity index (χ3v) is 4.43. The number of fused-ring (bicyclic) bond motifs is 1. The molecule has 2 heterocycles. The van der Waals surface area contributed by atoms with Gasteiger partial charge in [-0.25, -0.2) is 0 Å². The summed E-state index contributed by atoms with van der Waals surface area (Å²) < 4.78 is 0. The molecule has 2 saturated heterocycles. The molecule has 0 bridgehead atoms. The molecule has 0 aromatic heterocycles. The van der Waals surface area contributed by atoms with Crippen LogP contribution in [0.3, 0.4) is 0 Å². The summed E-state index contributed by atoms with van der Waals surface area (Å²) in [5.41, 5.74) is 3.28. The summed E-state index contributed by atoms with van der Waals surface area (Å²) in [6.45, 7) is 8.12. The van der Waals surface area contributed by atoms with Gasteiger partial charge in [0.1, 0.15) is 0 Å². The first-order chi connectivity index (χ1) is 8.65. The molecular weight excluding hydrogens is 260 g/mol. The van der Waals surface area contributed by atoms with Gasteiger partial charge in [-0.15, -0.1) is 12.4 Å². The summed E-state index contributed by atoms with van der Waals surface area (Å²) in [5, 5.41) is 3.40. The van der Waals surface area contributed by atoms with Crippen LogP contribution in [0.1, 0.15) is 21.5 Å². The summed E-state index contributed by atoms with van der Waals surface area (Å²) in [4.78, 5) is 14.5. The van der Waals surface area contributed by atoms with Gasteiger partial charge < -0.3 is 10.2 Å². The fourth-order valence-electron chi connectivity index (χ4n) is 3.08. The molecule has 2 atom stereocenters. The number of hydrogen-bond donors (Lipinski definition) is 1. The molecule has 3 rings (SSSR count). The van der Waals surface area contributed by atoms with Gasteiger partial charge in [0.25, 0.3) is 5.91 Å². The van der Waals surface area contributed by atoms with Crippen LogP contribution in [0.15, 0.2) is 18.2 Å². The molecule has 1 N–H and O–H groups in total. The van der Waals surface area contributed by atoms with Crippen molar-refractivity contribution in [1.29, 1.82) is 0 Å². The van der Waals surface area contributed by atoms with E-state index in [0.29, 0.717) is 11.8 Å². The van der Waals surface area contributed by atoms with Gasteiger partial charge in [0.2, 0.25) is 0 Å². The van der Waals surface area contributed by atoms with Crippen LogP contribution in [0, 0.1) is 25.7 Å². The van der Waals surface area contributed by atoms with E-state index in [1.165, 1.54) is 11.1 Å². The molecule has 0 aliphatic carbocycles. The SMILES string of the molecule is Cc1ccc(C(=O)N2C[C@H]3CNC[C@H]3C2)cc1C.Cl. The Morgan fingerprint density at radius 2 is 1.79 bits per heavy atom. The highest BCUT2D eigenvalue weighted by Gasteiger charge is 2.38. The Hall–Kier alpha value is -1.06. The van der Waals surface area contributed by atoms with Crippen LogP contribution in [0.25, 0.3) is 0 Å². The highest BCUT2D eigenvalue weighted by Crippen LogP contribution is 2.27. The monoisotopic (exact) mass is 280 g/mol. The van der Waals surface area contributed by atoms with E-state index < -0.39 is 0 Å². The van der Waals surface area contributed by atoms with Crippen molar-refractivity contribution in [3.05, 3.63) is 34.9 Å². The molecule has 2 aliphatic rings. The van der Waals surface area contributed by atoms with Crippen LogP contribution in [0.2, 0.25) is 0 Å². The van der Waals surface area contributed by atoms with Crippen molar-refractivity contribution in [3.8, 4) is 0 Å². The lowest BCUT2D eigenvalue weighted by Crippen LogP contribution is -2.31. The van der Waals surface area contributed by atoms with Crippen molar-refractivity contribution in [3.63, 3.8) is 0 Å². The zero-order valence-corrected chi connectivity index (χ0v) is 12.3. The maximum atomic E-state index is 12.4. The second kappa shape index (κ2) is 5.51. The molecular formula is C15H21ClN2O. The number of nitrogens with one attached hydrogen (secondary N) is 1. The maximum Gasteiger partial charge on any atom is 0.253 e. The highest BCUT2D eigenvalue weighted by molar-refractivity contribution is 5.94. The second-order valence-electron chi connectivity index (χ2n) is 5.69. The number of hydrogen-bond acceptors (Lipinski definition) is 2. The molecule has 19 heavy (non-hydrogen) atoms. The Morgan fingerprint density at radius 3 is 2.37 bits per heavy atom. The highest BCUT2D eigenvalue weighted by atomic mass is 35.5. The predicted molar refractivity (Wildman–Crippen MR) is 78.9 cm³/mol. The van der Waals surface area contributed by atoms with Crippen LogP contribution >= 0.6 is 12.4 Å². The number of amides is 1. The first-order valence-corrected chi connectivity index (χ1v) is 6.72. The average molecular weight is 281 g/mol. The first-order valence-electron chi connectivity index (χ1n) is 6.72. The molecule has 3 nitrogen and oxygen atoms in total. The molecule has 0 spiro atoms. The molecule has 0 radical (unpaired) electrons. The molecule has 2 aliphatic heterocycles. The van der Waals surface area contributed by atoms with Crippen LogP contribution in [-0.4, -0.2) is 37.0 Å². The number of rotatable bonds is 1. The Kier molecular flexibility index (Phi) is 4.16. The molecule has 4 heteroatoms. The Labute approximate surface area is 120 Å². The predicted octanol–water partition coefficient (Wildman–Crippen LogP) is 2.02. The first kappa shape index (κ1) is 14.4. The van der Waals surface area contributed by atoms with Crippen LogP contribution in [-0.2, 0) is 0 Å². The summed E-state index contributed by atoms with van der Waals surface area (Å²) in [5.74, 6) is 1.54. The van der Waals surface area contributed by atoms with E-state index in [4.69, 9.17) is 0 Å². The van der Waals surface area contributed by atoms with E-state index in [1.54, 1.807) is 0 Å². The quantitative estimate of drug-likeness (QED) is 0.854. The Balaban J connectivity index is 0.00000133. The van der Waals surface area contributed by atoms with Crippen molar-refractivity contribution in [2.75, 3.05) is 26.2 Å². The van der Waals surface area contributed by atoms with Crippen molar-refractivity contribution >= 4 is 18.3 Å². The minimum atomic E-state index is 0. The van der Waals surface area contributed by atoms with Gasteiger partial charge in [-0.2, -0.15) is 0 Å². The summed E-state index contributed by atoms with van der Waals surface area (Å²) >= 11 is 0. The van der Waals surface area contributed by atoms with E-state index in [0.717, 1.165) is 31.7 Å². The average Bonchev–Trinajstić information content (AvgIpc) is 2.92. The van der Waals surface area contributed by atoms with Crippen LogP contribution in [0.4, 0.5) is 0 Å². The number of carbonyl (C=O) groups is 1. The largest absolute Gasteiger partial charge is 0.338 e. The van der Waals surface area contributed by atoms with Gasteiger partial charge >= 0.3 is 0 Å². The molecule has 1 aromatic carbocycles. The second-order valence-corrected chi connectivity index (χ2v) is 5.69. The van der Waals surface area contributed by atoms with Gasteiger partial charge in [0, 0.05) is 31.7 Å². The van der Waals surface area contributed by atoms with E-state index >= 15 is 0 Å². The van der Waals surface area contributed by atoms with Crippen molar-refractivity contribution in [2.24, 2.45) is 11.8 Å². The Morgan fingerprint density at radius 1 is 1.16 bits per heavy atom. The number of benzene rings is 1. The number of carbonyl (C=O) groups excluding carboxylic acids is 1. The van der Waals surface area contributed by atoms with Gasteiger partial charge in [-0.3, -0.25) is 4.79 Å². The van der Waals surface area contributed by atoms with E-state index in [-0.39, 0.29) is 18.3 Å². The van der Waals surface area contributed by atoms with Crippen molar-refractivity contribution < 1.29 is 4.79 Å². The zero-order valence-electron chi connectivity index (χ0n) is 11.5. The minimum Gasteiger partial charge on any atom is -0.338 e. The fourth-order valence-corrected chi connectivity index (χ4v) is 3.08. The topological polar surface area (TPSA) is 32.3 Å². The lowest BCUT2D eigenvalue weighted by molar-refractivity contribution is 0.0781. The molecule has 2 fully saturated rings. The lowest BCUT2D eigenvalue weighted by atomic mass is 10.0. The number of halogens is 1. The molecule has 1 aromatic rings. The van der Waals surface area contributed by atoms with Gasteiger partial charge in [-0.1, -0.05) is 6.07 Å². The lowest BCUT2D eigenvalue weighted by Gasteiger charge is -2.18. The Bertz CT molecular complexity index is 477. The molecule has 0 unspecified atom stereocenters. The third kappa shape index (κ3) is 2.63. The minimum absolute atomic E-state index is 0. The van der Waals surface area contributed by atoms with E-state index in [9.17, 15) is 4.79 Å². The molecule has 1 amide bonds. The molecule has 0 saturated carbocycles. The number of likely N-dealkylation sites (tertiary alicyclic amines) is 1. The maximum absolute atomic E-state index is 12.4. The normalized spacial score (nSPS) is 25.1. The number of nitrogens with zero attached hydrogens (tertiary/aromatic N) is 1. The third-order valence-electron chi connectivity index (χ3n) is 4.43. The van der Waals surface area contributed by atoms with Crippen molar-refractivity contribution in [2.45, 2.75) is 13.8 Å². The standard InChI is InChI=1S/C15H20N2O.ClH/c1-10-3-4-12(5-11(10)2)15(18)17-8-13-6-16-7-14(13)9-17;/h3-5,13-14,16H,6-9H2,1-2H3;1H/t13-,14+;. The smallest absolute Gasteiger partial charge is 0.253 e. The van der Waals surface area contributed by atoms with Crippen LogP contribution in [0.5, 0.6) is 0 Å². The van der Waals surface area contributed by atoms with E-state index in [2.05, 4.69) is 19.2 Å². The van der Waals surface area contributed by atoms with Crippen molar-refractivity contribution in [1.82, 2.24) is 10.2 Å². The van der Waals surface area contributed by atoms with Gasteiger partial charge in [0.15, 0.2) is 0 Å². The zero-order chi connectivity index (χ0) is 12.7. The summed E-state index contributed by atoms with van der Waals surface area (Å²) in [6, 6.07) is 6.02. The van der Waals surface area contributed by atoms with Gasteiger partial charge in [0.05, 0.1) is 0 Å². The van der Waals surface area contributed by atoms with Gasteiger partial charge in [-0.05, 0) is 48.9 Å². The molecule has 104 valence electrons.